The van der Waals surface area contributed by atoms with E-state index in [1.165, 1.54) is 26.7 Å². The number of carbonyl (C=O) groups excluding carboxylic acids is 1. The quantitative estimate of drug-likeness (QED) is 0.263. The number of nitrogens with one attached hydrogen (secondary N) is 1. The van der Waals surface area contributed by atoms with Gasteiger partial charge >= 0.3 is 41.7 Å². The van der Waals surface area contributed by atoms with Crippen LogP contribution in [0, 0.1) is 17.9 Å². The normalized spacial score (nSPS) is 10.2. The van der Waals surface area contributed by atoms with E-state index in [1.54, 1.807) is 36.4 Å². The van der Waals surface area contributed by atoms with Gasteiger partial charge in [-0.05, 0) is 23.7 Å². The second kappa shape index (κ2) is 14.0. The molecule has 3 aromatic rings. The van der Waals surface area contributed by atoms with E-state index in [2.05, 4.69) is 41.8 Å². The van der Waals surface area contributed by atoms with Crippen molar-refractivity contribution in [3.63, 3.8) is 0 Å². The number of alkyl halides is 3. The van der Waals surface area contributed by atoms with Crippen LogP contribution in [0.3, 0.4) is 0 Å². The van der Waals surface area contributed by atoms with Gasteiger partial charge in [0.2, 0.25) is 0 Å². The molecule has 0 fully saturated rings. The minimum absolute atomic E-state index is 0. The Morgan fingerprint density at radius 1 is 1.18 bits per heavy atom. The van der Waals surface area contributed by atoms with E-state index < -0.39 is 18.7 Å². The number of rotatable bonds is 5. The summed E-state index contributed by atoms with van der Waals surface area (Å²) in [6, 6.07) is 14.1. The van der Waals surface area contributed by atoms with E-state index in [4.69, 9.17) is 4.74 Å². The molecule has 0 saturated carbocycles. The second-order valence-corrected chi connectivity index (χ2v) is 6.97. The number of halogens is 3. The topological polar surface area (TPSA) is 52.5 Å². The zero-order chi connectivity index (χ0) is 24.4. The summed E-state index contributed by atoms with van der Waals surface area (Å²) < 4.78 is 50.0. The summed E-state index contributed by atoms with van der Waals surface area (Å²) in [7, 11) is 2.74. The van der Waals surface area contributed by atoms with Gasteiger partial charge in [0.05, 0.1) is 32.0 Å². The summed E-state index contributed by atoms with van der Waals surface area (Å²) in [5.41, 5.74) is 1.59. The number of anilines is 1. The molecule has 0 spiro atoms. The van der Waals surface area contributed by atoms with E-state index in [9.17, 15) is 18.0 Å². The standard InChI is InChI=1S/C22H18F3N2O3.C3H8.Na/c1-29-20-13-16(21(28)30-2)9-10-18(20)26-11-5-7-17-12-15-6-3-4-8-19(15)27(17)14-22(23,24)25;1-3-2;/h3-4,8-10,12-13,26H,11,14H2,1-2H3;3H2,1-2H3;/q-1;;+1. The van der Waals surface area contributed by atoms with Crippen LogP contribution in [-0.2, 0) is 11.3 Å². The Morgan fingerprint density at radius 2 is 1.88 bits per heavy atom. The molecule has 0 amide bonds. The van der Waals surface area contributed by atoms with Crippen LogP contribution in [0.4, 0.5) is 18.9 Å². The van der Waals surface area contributed by atoms with Crippen LogP contribution >= 0.6 is 0 Å². The third kappa shape index (κ3) is 8.32. The molecule has 3 rings (SSSR count). The maximum Gasteiger partial charge on any atom is 1.00 e. The van der Waals surface area contributed by atoms with Crippen molar-refractivity contribution in [3.05, 3.63) is 59.8 Å². The zero-order valence-corrected chi connectivity index (χ0v) is 22.0. The number of aromatic nitrogens is 1. The number of methoxy groups -OCH3 is 2. The molecule has 5 nitrogen and oxygen atoms in total. The van der Waals surface area contributed by atoms with Crippen molar-refractivity contribution >= 4 is 22.6 Å². The van der Waals surface area contributed by atoms with Gasteiger partial charge in [0.25, 0.3) is 0 Å². The van der Waals surface area contributed by atoms with Crippen molar-refractivity contribution in [3.8, 4) is 17.6 Å². The van der Waals surface area contributed by atoms with Crippen molar-refractivity contribution in [1.82, 2.24) is 4.57 Å². The minimum Gasteiger partial charge on any atom is -0.495 e. The summed E-state index contributed by atoms with van der Waals surface area (Å²) in [5.74, 6) is 5.54. The Morgan fingerprint density at radius 3 is 2.50 bits per heavy atom. The van der Waals surface area contributed by atoms with Gasteiger partial charge in [0.15, 0.2) is 0 Å². The number of esters is 1. The molecule has 176 valence electrons. The van der Waals surface area contributed by atoms with Crippen molar-refractivity contribution in [1.29, 1.82) is 0 Å². The predicted octanol–water partition coefficient (Wildman–Crippen LogP) is 2.68. The average molecular weight is 482 g/mol. The molecular formula is C25H26F3N2NaO3. The molecule has 0 radical (unpaired) electrons. The number of hydrogen-bond acceptors (Lipinski definition) is 4. The predicted molar refractivity (Wildman–Crippen MR) is 122 cm³/mol. The Labute approximate surface area is 219 Å². The van der Waals surface area contributed by atoms with Gasteiger partial charge < -0.3 is 19.4 Å². The number of fused-ring (bicyclic) bond motifs is 1. The number of nitrogens with zero attached hydrogens (tertiary/aromatic N) is 1. The Balaban J connectivity index is 0.00000137. The molecule has 9 heteroatoms. The van der Waals surface area contributed by atoms with E-state index in [0.29, 0.717) is 27.9 Å². The van der Waals surface area contributed by atoms with Crippen LogP contribution in [0.25, 0.3) is 10.9 Å². The van der Waals surface area contributed by atoms with Gasteiger partial charge in [-0.25, -0.2) is 4.79 Å². The molecule has 0 saturated heterocycles. The largest absolute Gasteiger partial charge is 1.00 e. The Hall–Kier alpha value is -2.60. The minimum atomic E-state index is -4.37. The maximum atomic E-state index is 13.0. The maximum absolute atomic E-state index is 13.0. The smallest absolute Gasteiger partial charge is 0.495 e. The average Bonchev–Trinajstić information content (AvgIpc) is 3.12. The van der Waals surface area contributed by atoms with Gasteiger partial charge in [0.1, 0.15) is 12.3 Å². The first-order valence-corrected chi connectivity index (χ1v) is 10.3. The van der Waals surface area contributed by atoms with Crippen LogP contribution < -0.4 is 39.6 Å². The fraction of sp³-hybridized carbons (Fsp3) is 0.320. The number of ether oxygens (including phenoxy) is 2. The molecule has 2 aromatic carbocycles. The van der Waals surface area contributed by atoms with Crippen LogP contribution in [0.5, 0.6) is 5.75 Å². The molecule has 0 aliphatic carbocycles. The fourth-order valence-corrected chi connectivity index (χ4v) is 2.95. The molecule has 1 heterocycles. The molecular weight excluding hydrogens is 456 g/mol. The third-order valence-corrected chi connectivity index (χ3v) is 4.27. The summed E-state index contributed by atoms with van der Waals surface area (Å²) in [5, 5.41) is 3.60. The van der Waals surface area contributed by atoms with Crippen LogP contribution in [0.15, 0.2) is 42.5 Å². The summed E-state index contributed by atoms with van der Waals surface area (Å²) in [4.78, 5) is 11.6. The first-order chi connectivity index (χ1) is 15.7. The molecule has 34 heavy (non-hydrogen) atoms. The van der Waals surface area contributed by atoms with E-state index in [1.807, 2.05) is 0 Å². The van der Waals surface area contributed by atoms with Gasteiger partial charge in [-0.1, -0.05) is 32.1 Å². The summed E-state index contributed by atoms with van der Waals surface area (Å²) >= 11 is 0. The SMILES string of the molecule is CCC.COC(=O)c1ccc(NCC#Cc2cc3[c-]cccc3n2CC(F)(F)F)c(OC)c1.[Na+]. The van der Waals surface area contributed by atoms with Gasteiger partial charge in [0, 0.05) is 5.69 Å². The number of hydrogen-bond donors (Lipinski definition) is 1. The van der Waals surface area contributed by atoms with E-state index in [0.717, 1.165) is 4.57 Å². The fourth-order valence-electron chi connectivity index (χ4n) is 2.95. The van der Waals surface area contributed by atoms with Gasteiger partial charge in [-0.15, -0.1) is 35.7 Å². The molecule has 0 aliphatic rings. The first-order valence-electron chi connectivity index (χ1n) is 10.3. The molecule has 0 unspecified atom stereocenters. The van der Waals surface area contributed by atoms with Crippen molar-refractivity contribution in [2.24, 2.45) is 0 Å². The number of benzene rings is 2. The van der Waals surface area contributed by atoms with Crippen LogP contribution in [0.2, 0.25) is 0 Å². The first kappa shape index (κ1) is 29.4. The van der Waals surface area contributed by atoms with Gasteiger partial charge in [-0.3, -0.25) is 0 Å². The molecule has 1 N–H and O–H groups in total. The summed E-state index contributed by atoms with van der Waals surface area (Å²) in [6.45, 7) is 3.28. The zero-order valence-electron chi connectivity index (χ0n) is 20.0. The molecule has 0 bridgehead atoms. The molecule has 0 atom stereocenters. The van der Waals surface area contributed by atoms with Gasteiger partial charge in [-0.2, -0.15) is 13.2 Å². The molecule has 0 aliphatic heterocycles. The van der Waals surface area contributed by atoms with E-state index in [-0.39, 0.29) is 41.8 Å². The van der Waals surface area contributed by atoms with Crippen LogP contribution in [0.1, 0.15) is 36.3 Å². The van der Waals surface area contributed by atoms with Crippen LogP contribution in [-0.4, -0.2) is 37.5 Å². The van der Waals surface area contributed by atoms with Crippen molar-refractivity contribution < 1.29 is 57.0 Å². The van der Waals surface area contributed by atoms with Crippen molar-refractivity contribution in [2.75, 3.05) is 26.1 Å². The third-order valence-electron chi connectivity index (χ3n) is 4.27. The molecule has 1 aromatic heterocycles. The second-order valence-electron chi connectivity index (χ2n) is 6.97. The van der Waals surface area contributed by atoms with E-state index >= 15 is 0 Å². The number of carbonyl (C=O) groups is 1. The monoisotopic (exact) mass is 482 g/mol. The van der Waals surface area contributed by atoms with Crippen molar-refractivity contribution in [2.45, 2.75) is 33.0 Å². The Kier molecular flexibility index (Phi) is 12.1. The Bertz CT molecular complexity index is 1150. The summed E-state index contributed by atoms with van der Waals surface area (Å²) in [6.07, 6.45) is -3.12.